The van der Waals surface area contributed by atoms with Gasteiger partial charge in [0.1, 0.15) is 0 Å². The normalized spacial score (nSPS) is 23.1. The summed E-state index contributed by atoms with van der Waals surface area (Å²) >= 11 is 0. The summed E-state index contributed by atoms with van der Waals surface area (Å²) in [6.45, 7) is 4.42. The van der Waals surface area contributed by atoms with Crippen molar-refractivity contribution in [1.82, 2.24) is 9.55 Å². The zero-order chi connectivity index (χ0) is 25.1. The van der Waals surface area contributed by atoms with E-state index in [0.717, 1.165) is 53.8 Å². The van der Waals surface area contributed by atoms with Crippen molar-refractivity contribution in [3.05, 3.63) is 84.4 Å². The van der Waals surface area contributed by atoms with E-state index in [0.29, 0.717) is 11.8 Å². The Morgan fingerprint density at radius 1 is 0.865 bits per heavy atom. The first kappa shape index (κ1) is 27.7. The Balaban J connectivity index is 0.000000208. The molecule has 37 heavy (non-hydrogen) atoms. The molecule has 0 saturated heterocycles. The van der Waals surface area contributed by atoms with Crippen molar-refractivity contribution in [2.75, 3.05) is 0 Å². The van der Waals surface area contributed by atoms with Gasteiger partial charge in [0.25, 0.3) is 0 Å². The molecule has 1 heterocycles. The summed E-state index contributed by atoms with van der Waals surface area (Å²) in [5.41, 5.74) is 5.56. The van der Waals surface area contributed by atoms with Gasteiger partial charge >= 0.3 is 0 Å². The molecule has 2 aliphatic rings. The molecule has 1 aromatic heterocycles. The number of imidazole rings is 1. The first-order valence-corrected chi connectivity index (χ1v) is 13.4. The third-order valence-electron chi connectivity index (χ3n) is 7.90. The van der Waals surface area contributed by atoms with Gasteiger partial charge in [0, 0.05) is 31.7 Å². The number of rotatable bonds is 3. The van der Waals surface area contributed by atoms with Crippen LogP contribution in [0.4, 0.5) is 0 Å². The van der Waals surface area contributed by atoms with Crippen LogP contribution in [0.15, 0.2) is 72.8 Å². The molecule has 0 aliphatic heterocycles. The summed E-state index contributed by atoms with van der Waals surface area (Å²) in [6.07, 6.45) is 6.09. The summed E-state index contributed by atoms with van der Waals surface area (Å²) < 4.78 is 2.21. The Hall–Kier alpha value is -2.30. The quantitative estimate of drug-likeness (QED) is 0.232. The van der Waals surface area contributed by atoms with Gasteiger partial charge in [-0.1, -0.05) is 57.0 Å². The zero-order valence-corrected chi connectivity index (χ0v) is 24.1. The molecular formula is C32H37IrN2O2-. The van der Waals surface area contributed by atoms with Crippen molar-refractivity contribution < 1.29 is 30.3 Å². The van der Waals surface area contributed by atoms with Gasteiger partial charge in [0.15, 0.2) is 0 Å². The molecule has 2 saturated carbocycles. The smallest absolute Gasteiger partial charge is 0.0774 e. The van der Waals surface area contributed by atoms with Crippen LogP contribution in [0.5, 0.6) is 0 Å². The van der Waals surface area contributed by atoms with Gasteiger partial charge in [0.05, 0.1) is 29.1 Å². The molecule has 2 aliphatic carbocycles. The van der Waals surface area contributed by atoms with E-state index in [9.17, 15) is 10.2 Å². The Labute approximate surface area is 234 Å². The van der Waals surface area contributed by atoms with E-state index >= 15 is 0 Å². The Bertz CT molecular complexity index is 1290. The molecule has 0 bridgehead atoms. The summed E-state index contributed by atoms with van der Waals surface area (Å²) in [5, 5.41) is 19.4. The van der Waals surface area contributed by atoms with E-state index in [1.165, 1.54) is 18.4 Å². The first-order chi connectivity index (χ1) is 17.5. The third-order valence-corrected chi connectivity index (χ3v) is 7.90. The predicted octanol–water partition coefficient (Wildman–Crippen LogP) is 6.92. The molecule has 197 valence electrons. The van der Waals surface area contributed by atoms with Crippen LogP contribution >= 0.6 is 0 Å². The van der Waals surface area contributed by atoms with Crippen LogP contribution in [0.25, 0.3) is 28.1 Å². The maximum absolute atomic E-state index is 9.77. The van der Waals surface area contributed by atoms with E-state index in [2.05, 4.69) is 79.1 Å². The van der Waals surface area contributed by atoms with Gasteiger partial charge in [0.2, 0.25) is 0 Å². The fourth-order valence-electron chi connectivity index (χ4n) is 5.96. The van der Waals surface area contributed by atoms with Crippen molar-refractivity contribution in [3.8, 4) is 17.1 Å². The average molecular weight is 674 g/mol. The van der Waals surface area contributed by atoms with Crippen molar-refractivity contribution in [1.29, 1.82) is 0 Å². The van der Waals surface area contributed by atoms with E-state index in [4.69, 9.17) is 4.98 Å². The molecule has 4 unspecified atom stereocenters. The van der Waals surface area contributed by atoms with E-state index < -0.39 is 0 Å². The summed E-state index contributed by atoms with van der Waals surface area (Å²) in [7, 11) is 0. The Morgan fingerprint density at radius 3 is 2.35 bits per heavy atom. The molecule has 2 N–H and O–H groups in total. The average Bonchev–Trinajstić information content (AvgIpc) is 3.42. The third kappa shape index (κ3) is 6.07. The number of hydrogen-bond donors (Lipinski definition) is 2. The SMILES string of the molecule is CC(C)c1cc[c-]c(-c2nc3ccccc3n2-c2ccccc2)c1.OC1CCCCC2CCC(O)C12.[Ir]. The Morgan fingerprint density at radius 2 is 1.57 bits per heavy atom. The number of aromatic nitrogens is 2. The van der Waals surface area contributed by atoms with Gasteiger partial charge in [-0.3, -0.25) is 4.98 Å². The second-order valence-electron chi connectivity index (χ2n) is 10.6. The first-order valence-electron chi connectivity index (χ1n) is 13.4. The van der Waals surface area contributed by atoms with E-state index in [1.54, 1.807) is 0 Å². The van der Waals surface area contributed by atoms with Gasteiger partial charge in [-0.2, -0.15) is 0 Å². The number of aliphatic hydroxyl groups is 2. The maximum atomic E-state index is 9.77. The standard InChI is InChI=1S/C22H19N2.C10H18O2.Ir/c1-16(2)17-9-8-10-18(15-17)22-23-20-13-6-7-14-21(20)24(22)19-11-4-3-5-12-19;11-8-4-2-1-3-7-5-6-9(12)10(7)8;/h3-9,11-16H,1-2H3;7-12H,1-6H2;/q-1;;. The van der Waals surface area contributed by atoms with Crippen molar-refractivity contribution in [2.24, 2.45) is 11.8 Å². The van der Waals surface area contributed by atoms with Crippen molar-refractivity contribution in [2.45, 2.75) is 70.5 Å². The number of hydrogen-bond acceptors (Lipinski definition) is 3. The molecule has 2 fully saturated rings. The van der Waals surface area contributed by atoms with Gasteiger partial charge < -0.3 is 14.8 Å². The zero-order valence-electron chi connectivity index (χ0n) is 21.7. The molecule has 1 radical (unpaired) electrons. The number of aliphatic hydroxyl groups excluding tert-OH is 2. The van der Waals surface area contributed by atoms with Crippen LogP contribution < -0.4 is 0 Å². The van der Waals surface area contributed by atoms with Gasteiger partial charge in [-0.05, 0) is 61.8 Å². The van der Waals surface area contributed by atoms with Crippen LogP contribution in [0.2, 0.25) is 0 Å². The van der Waals surface area contributed by atoms with Crippen molar-refractivity contribution >= 4 is 11.0 Å². The van der Waals surface area contributed by atoms with Crippen molar-refractivity contribution in [3.63, 3.8) is 0 Å². The molecule has 4 atom stereocenters. The molecule has 5 heteroatoms. The van der Waals surface area contributed by atoms with Crippen LogP contribution in [0.1, 0.15) is 63.9 Å². The fourth-order valence-corrected chi connectivity index (χ4v) is 5.96. The molecular weight excluding hydrogens is 637 g/mol. The molecule has 0 spiro atoms. The fraction of sp³-hybridized carbons (Fsp3) is 0.406. The minimum atomic E-state index is -0.227. The molecule has 4 aromatic rings. The molecule has 6 rings (SSSR count). The van der Waals surface area contributed by atoms with Crippen LogP contribution in [0.3, 0.4) is 0 Å². The molecule has 0 amide bonds. The monoisotopic (exact) mass is 674 g/mol. The number of nitrogens with zero attached hydrogens (tertiary/aromatic N) is 2. The second-order valence-corrected chi connectivity index (χ2v) is 10.6. The Kier molecular flexibility index (Phi) is 9.36. The summed E-state index contributed by atoms with van der Waals surface area (Å²) in [4.78, 5) is 4.89. The predicted molar refractivity (Wildman–Crippen MR) is 146 cm³/mol. The number of para-hydroxylation sites is 3. The van der Waals surface area contributed by atoms with Gasteiger partial charge in [-0.15, -0.1) is 35.4 Å². The minimum Gasteiger partial charge on any atom is -0.393 e. The maximum Gasteiger partial charge on any atom is 0.0774 e. The molecule has 4 nitrogen and oxygen atoms in total. The largest absolute Gasteiger partial charge is 0.393 e. The number of fused-ring (bicyclic) bond motifs is 2. The molecule has 3 aromatic carbocycles. The summed E-state index contributed by atoms with van der Waals surface area (Å²) in [5.74, 6) is 2.22. The minimum absolute atomic E-state index is 0. The topological polar surface area (TPSA) is 58.3 Å². The van der Waals surface area contributed by atoms with Crippen LogP contribution in [0, 0.1) is 17.9 Å². The summed E-state index contributed by atoms with van der Waals surface area (Å²) in [6, 6.07) is 28.3. The van der Waals surface area contributed by atoms with E-state index in [-0.39, 0.29) is 38.2 Å². The van der Waals surface area contributed by atoms with Gasteiger partial charge in [-0.25, -0.2) is 0 Å². The van der Waals surface area contributed by atoms with E-state index in [1.807, 2.05) is 18.2 Å². The second kappa shape index (κ2) is 12.5. The van der Waals surface area contributed by atoms with Crippen LogP contribution in [-0.2, 0) is 20.1 Å². The number of benzene rings is 3. The van der Waals surface area contributed by atoms with Crippen LogP contribution in [-0.4, -0.2) is 32.0 Å².